The molecule has 0 aliphatic heterocycles. The van der Waals surface area contributed by atoms with Crippen LogP contribution >= 0.6 is 11.5 Å². The molecule has 0 saturated heterocycles. The molecule has 1 unspecified atom stereocenters. The van der Waals surface area contributed by atoms with Gasteiger partial charge in [-0.15, -0.1) is 0 Å². The van der Waals surface area contributed by atoms with Crippen molar-refractivity contribution in [1.29, 1.82) is 0 Å². The van der Waals surface area contributed by atoms with E-state index >= 15 is 0 Å². The van der Waals surface area contributed by atoms with Crippen LogP contribution in [0.3, 0.4) is 0 Å². The third kappa shape index (κ3) is 2.96. The molecule has 6 heteroatoms. The molecule has 0 fully saturated rings. The lowest BCUT2D eigenvalue weighted by Gasteiger charge is -2.24. The third-order valence-corrected chi connectivity index (χ3v) is 4.89. The molecule has 2 aromatic rings. The van der Waals surface area contributed by atoms with E-state index in [-0.39, 0.29) is 0 Å². The zero-order chi connectivity index (χ0) is 14.8. The van der Waals surface area contributed by atoms with Gasteiger partial charge in [-0.3, -0.25) is 0 Å². The van der Waals surface area contributed by atoms with Gasteiger partial charge < -0.3 is 14.6 Å². The number of ether oxygens (including phenoxy) is 1. The molecule has 2 heterocycles. The van der Waals surface area contributed by atoms with E-state index in [4.69, 9.17) is 4.74 Å². The summed E-state index contributed by atoms with van der Waals surface area (Å²) in [5.41, 5.74) is 4.21. The number of anilines is 1. The lowest BCUT2D eigenvalue weighted by molar-refractivity contribution is 0.201. The summed E-state index contributed by atoms with van der Waals surface area (Å²) in [6.07, 6.45) is 4.32. The zero-order valence-corrected chi connectivity index (χ0v) is 13.7. The smallest absolute Gasteiger partial charge is 0.203 e. The topological polar surface area (TPSA) is 52.0 Å². The van der Waals surface area contributed by atoms with Crippen LogP contribution in [0.4, 0.5) is 5.13 Å². The largest absolute Gasteiger partial charge is 0.384 e. The standard InChI is InChI=1S/C15H22N4OS/c1-10-9-11-12(5-4-6-13(11)19(10)2)16-15-17-14(18-21-15)7-8-20-3/h9,12H,4-8H2,1-3H3,(H,16,17,18). The first-order chi connectivity index (χ1) is 10.2. The van der Waals surface area contributed by atoms with Crippen LogP contribution in [0.2, 0.25) is 0 Å². The Morgan fingerprint density at radius 1 is 1.52 bits per heavy atom. The highest BCUT2D eigenvalue weighted by Crippen LogP contribution is 2.34. The van der Waals surface area contributed by atoms with Crippen LogP contribution in [0.1, 0.15) is 41.7 Å². The van der Waals surface area contributed by atoms with Crippen molar-refractivity contribution >= 4 is 16.7 Å². The summed E-state index contributed by atoms with van der Waals surface area (Å²) in [5.74, 6) is 0.865. The maximum Gasteiger partial charge on any atom is 0.203 e. The Labute approximate surface area is 129 Å². The second-order valence-electron chi connectivity index (χ2n) is 5.59. The molecular formula is C15H22N4OS. The molecule has 114 valence electrons. The van der Waals surface area contributed by atoms with Crippen molar-refractivity contribution in [2.45, 2.75) is 38.6 Å². The highest BCUT2D eigenvalue weighted by atomic mass is 32.1. The van der Waals surface area contributed by atoms with E-state index in [9.17, 15) is 0 Å². The molecule has 0 aromatic carbocycles. The van der Waals surface area contributed by atoms with Crippen molar-refractivity contribution in [3.63, 3.8) is 0 Å². The fourth-order valence-electron chi connectivity index (χ4n) is 2.96. The first kappa shape index (κ1) is 14.5. The van der Waals surface area contributed by atoms with Gasteiger partial charge in [-0.25, -0.2) is 4.98 Å². The van der Waals surface area contributed by atoms with Crippen LogP contribution in [0.15, 0.2) is 6.07 Å². The first-order valence-electron chi connectivity index (χ1n) is 7.42. The van der Waals surface area contributed by atoms with Crippen molar-refractivity contribution in [2.24, 2.45) is 7.05 Å². The van der Waals surface area contributed by atoms with Gasteiger partial charge in [0.05, 0.1) is 12.6 Å². The number of methoxy groups -OCH3 is 1. The Morgan fingerprint density at radius 2 is 2.38 bits per heavy atom. The van der Waals surface area contributed by atoms with Gasteiger partial charge in [0, 0.05) is 43.5 Å². The Kier molecular flexibility index (Phi) is 4.26. The van der Waals surface area contributed by atoms with E-state index in [1.54, 1.807) is 7.11 Å². The minimum atomic E-state index is 0.358. The van der Waals surface area contributed by atoms with Crippen LogP contribution in [-0.2, 0) is 24.6 Å². The van der Waals surface area contributed by atoms with Crippen LogP contribution < -0.4 is 5.32 Å². The van der Waals surface area contributed by atoms with Crippen molar-refractivity contribution in [3.05, 3.63) is 28.8 Å². The Hall–Kier alpha value is -1.40. The fraction of sp³-hybridized carbons (Fsp3) is 0.600. The van der Waals surface area contributed by atoms with Crippen LogP contribution in [0, 0.1) is 6.92 Å². The van der Waals surface area contributed by atoms with Gasteiger partial charge in [0.25, 0.3) is 0 Å². The van der Waals surface area contributed by atoms with E-state index in [1.807, 2.05) is 0 Å². The number of rotatable bonds is 5. The number of nitrogens with one attached hydrogen (secondary N) is 1. The molecule has 0 saturated carbocycles. The number of aromatic nitrogens is 3. The first-order valence-corrected chi connectivity index (χ1v) is 8.19. The van der Waals surface area contributed by atoms with E-state index < -0.39 is 0 Å². The average Bonchev–Trinajstić information content (AvgIpc) is 3.04. The molecule has 2 aromatic heterocycles. The number of nitrogens with zero attached hydrogens (tertiary/aromatic N) is 3. The van der Waals surface area contributed by atoms with Crippen molar-refractivity contribution < 1.29 is 4.74 Å². The van der Waals surface area contributed by atoms with Gasteiger partial charge in [-0.2, -0.15) is 4.37 Å². The molecule has 3 rings (SSSR count). The highest BCUT2D eigenvalue weighted by molar-refractivity contribution is 7.09. The summed E-state index contributed by atoms with van der Waals surface area (Å²) in [6, 6.07) is 2.66. The van der Waals surface area contributed by atoms with Gasteiger partial charge >= 0.3 is 0 Å². The van der Waals surface area contributed by atoms with E-state index in [0.29, 0.717) is 12.6 Å². The molecule has 0 radical (unpaired) electrons. The molecule has 0 bridgehead atoms. The molecular weight excluding hydrogens is 284 g/mol. The van der Waals surface area contributed by atoms with Gasteiger partial charge in [-0.1, -0.05) is 0 Å². The van der Waals surface area contributed by atoms with Crippen molar-refractivity contribution in [1.82, 2.24) is 13.9 Å². The average molecular weight is 306 g/mol. The lowest BCUT2D eigenvalue weighted by atomic mass is 9.93. The molecule has 5 nitrogen and oxygen atoms in total. The van der Waals surface area contributed by atoms with Crippen LogP contribution in [0.5, 0.6) is 0 Å². The predicted octanol–water partition coefficient (Wildman–Crippen LogP) is 2.86. The third-order valence-electron chi connectivity index (χ3n) is 4.21. The summed E-state index contributed by atoms with van der Waals surface area (Å²) in [5, 5.41) is 4.48. The van der Waals surface area contributed by atoms with Crippen molar-refractivity contribution in [2.75, 3.05) is 19.0 Å². The Morgan fingerprint density at radius 3 is 3.19 bits per heavy atom. The monoisotopic (exact) mass is 306 g/mol. The lowest BCUT2D eigenvalue weighted by Crippen LogP contribution is -2.17. The number of aryl methyl sites for hydroxylation is 1. The molecule has 0 spiro atoms. The van der Waals surface area contributed by atoms with E-state index in [1.165, 1.54) is 41.3 Å². The molecule has 1 aliphatic carbocycles. The normalized spacial score (nSPS) is 17.8. The van der Waals surface area contributed by atoms with Crippen LogP contribution in [0.25, 0.3) is 0 Å². The summed E-state index contributed by atoms with van der Waals surface area (Å²) < 4.78 is 11.8. The SMILES string of the molecule is COCCc1nsc(NC2CCCc3c2cc(C)n3C)n1. The molecule has 1 atom stereocenters. The molecule has 0 amide bonds. The van der Waals surface area contributed by atoms with E-state index in [0.717, 1.165) is 23.8 Å². The van der Waals surface area contributed by atoms with Gasteiger partial charge in [0.15, 0.2) is 0 Å². The minimum absolute atomic E-state index is 0.358. The van der Waals surface area contributed by atoms with Gasteiger partial charge in [0.2, 0.25) is 5.13 Å². The molecule has 1 N–H and O–H groups in total. The Balaban J connectivity index is 1.74. The summed E-state index contributed by atoms with van der Waals surface area (Å²) in [7, 11) is 3.86. The molecule has 1 aliphatic rings. The summed E-state index contributed by atoms with van der Waals surface area (Å²) >= 11 is 1.44. The molecule has 21 heavy (non-hydrogen) atoms. The number of hydrogen-bond donors (Lipinski definition) is 1. The zero-order valence-electron chi connectivity index (χ0n) is 12.8. The predicted molar refractivity (Wildman–Crippen MR) is 84.9 cm³/mol. The van der Waals surface area contributed by atoms with E-state index in [2.05, 4.69) is 39.3 Å². The summed E-state index contributed by atoms with van der Waals surface area (Å²) in [6.45, 7) is 2.84. The highest BCUT2D eigenvalue weighted by Gasteiger charge is 2.24. The minimum Gasteiger partial charge on any atom is -0.384 e. The summed E-state index contributed by atoms with van der Waals surface area (Å²) in [4.78, 5) is 4.55. The van der Waals surface area contributed by atoms with Gasteiger partial charge in [-0.05, 0) is 37.8 Å². The van der Waals surface area contributed by atoms with Crippen LogP contribution in [-0.4, -0.2) is 27.6 Å². The van der Waals surface area contributed by atoms with Gasteiger partial charge in [0.1, 0.15) is 5.82 Å². The second kappa shape index (κ2) is 6.15. The second-order valence-corrected chi connectivity index (χ2v) is 6.35. The number of hydrogen-bond acceptors (Lipinski definition) is 5. The fourth-order valence-corrected chi connectivity index (χ4v) is 3.63. The maximum atomic E-state index is 5.07. The number of fused-ring (bicyclic) bond motifs is 1. The quantitative estimate of drug-likeness (QED) is 0.923. The maximum absolute atomic E-state index is 5.07. The Bertz CT molecular complexity index is 619. The van der Waals surface area contributed by atoms with Crippen molar-refractivity contribution in [3.8, 4) is 0 Å².